The number of allylic oxidation sites excluding steroid dienone is 1. The van der Waals surface area contributed by atoms with Gasteiger partial charge in [0.1, 0.15) is 6.61 Å². The molecule has 2 unspecified atom stereocenters. The zero-order valence-electron chi connectivity index (χ0n) is 12.6. The monoisotopic (exact) mass is 308 g/mol. The Morgan fingerprint density at radius 1 is 1.38 bits per heavy atom. The second kappa shape index (κ2) is 6.20. The van der Waals surface area contributed by atoms with E-state index < -0.39 is 0 Å². The van der Waals surface area contributed by atoms with Gasteiger partial charge >= 0.3 is 5.97 Å². The SMILES string of the molecule is CC(=CC1C(C(=O)OCc2ccc(Cl)cc2)C1(C)C)CO. The number of rotatable bonds is 5. The van der Waals surface area contributed by atoms with E-state index in [1.54, 1.807) is 12.1 Å². The van der Waals surface area contributed by atoms with Crippen LogP contribution in [0.4, 0.5) is 0 Å². The third kappa shape index (κ3) is 3.66. The van der Waals surface area contributed by atoms with Gasteiger partial charge in [-0.3, -0.25) is 4.79 Å². The summed E-state index contributed by atoms with van der Waals surface area (Å²) in [6.07, 6.45) is 1.98. The first-order chi connectivity index (χ1) is 9.86. The Kier molecular flexibility index (Phi) is 4.74. The van der Waals surface area contributed by atoms with Crippen LogP contribution in [0.15, 0.2) is 35.9 Å². The summed E-state index contributed by atoms with van der Waals surface area (Å²) in [4.78, 5) is 12.2. The molecule has 0 saturated heterocycles. The standard InChI is InChI=1S/C17H21ClO3/c1-11(9-19)8-14-15(17(14,2)3)16(20)21-10-12-4-6-13(18)7-5-12/h4-8,14-15,19H,9-10H2,1-3H3. The molecule has 0 radical (unpaired) electrons. The number of ether oxygens (including phenoxy) is 1. The van der Waals surface area contributed by atoms with Crippen molar-refractivity contribution in [2.75, 3.05) is 6.61 Å². The van der Waals surface area contributed by atoms with E-state index in [1.807, 2.05) is 39.0 Å². The van der Waals surface area contributed by atoms with Crippen molar-refractivity contribution in [2.45, 2.75) is 27.4 Å². The molecule has 1 aromatic carbocycles. The zero-order valence-corrected chi connectivity index (χ0v) is 13.4. The van der Waals surface area contributed by atoms with Gasteiger partial charge in [-0.2, -0.15) is 0 Å². The van der Waals surface area contributed by atoms with Crippen molar-refractivity contribution in [1.29, 1.82) is 0 Å². The molecule has 3 nitrogen and oxygen atoms in total. The quantitative estimate of drug-likeness (QED) is 0.668. The molecule has 21 heavy (non-hydrogen) atoms. The Bertz CT molecular complexity index is 546. The summed E-state index contributed by atoms with van der Waals surface area (Å²) in [5.41, 5.74) is 1.71. The van der Waals surface area contributed by atoms with Crippen molar-refractivity contribution in [3.8, 4) is 0 Å². The van der Waals surface area contributed by atoms with E-state index in [0.717, 1.165) is 11.1 Å². The molecule has 4 heteroatoms. The van der Waals surface area contributed by atoms with Crippen molar-refractivity contribution in [3.63, 3.8) is 0 Å². The second-order valence-electron chi connectivity index (χ2n) is 6.23. The van der Waals surface area contributed by atoms with Gasteiger partial charge in [0, 0.05) is 5.02 Å². The number of carbonyl (C=O) groups is 1. The lowest BCUT2D eigenvalue weighted by Gasteiger charge is -2.06. The zero-order chi connectivity index (χ0) is 15.6. The van der Waals surface area contributed by atoms with Crippen LogP contribution in [-0.2, 0) is 16.1 Å². The summed E-state index contributed by atoms with van der Waals surface area (Å²) in [6.45, 7) is 6.25. The smallest absolute Gasteiger partial charge is 0.310 e. The lowest BCUT2D eigenvalue weighted by atomic mass is 10.1. The first-order valence-corrected chi connectivity index (χ1v) is 7.43. The number of esters is 1. The summed E-state index contributed by atoms with van der Waals surface area (Å²) < 4.78 is 5.40. The van der Waals surface area contributed by atoms with E-state index in [4.69, 9.17) is 21.4 Å². The molecule has 1 aliphatic carbocycles. The molecule has 0 amide bonds. The molecule has 1 aromatic rings. The summed E-state index contributed by atoms with van der Waals surface area (Å²) in [6, 6.07) is 7.26. The Labute approximate surface area is 130 Å². The highest BCUT2D eigenvalue weighted by Crippen LogP contribution is 2.59. The van der Waals surface area contributed by atoms with Gasteiger partial charge in [-0.05, 0) is 36.0 Å². The molecule has 0 aromatic heterocycles. The normalized spacial score (nSPS) is 23.8. The number of benzene rings is 1. The first-order valence-electron chi connectivity index (χ1n) is 7.05. The van der Waals surface area contributed by atoms with Gasteiger partial charge in [-0.15, -0.1) is 0 Å². The minimum Gasteiger partial charge on any atom is -0.461 e. The summed E-state index contributed by atoms with van der Waals surface area (Å²) in [7, 11) is 0. The maximum Gasteiger partial charge on any atom is 0.310 e. The van der Waals surface area contributed by atoms with Gasteiger partial charge in [-0.25, -0.2) is 0 Å². The van der Waals surface area contributed by atoms with Crippen LogP contribution in [0.1, 0.15) is 26.3 Å². The van der Waals surface area contributed by atoms with Crippen molar-refractivity contribution >= 4 is 17.6 Å². The second-order valence-corrected chi connectivity index (χ2v) is 6.67. The van der Waals surface area contributed by atoms with E-state index in [2.05, 4.69) is 0 Å². The number of hydrogen-bond acceptors (Lipinski definition) is 3. The van der Waals surface area contributed by atoms with Crippen LogP contribution < -0.4 is 0 Å². The molecule has 2 atom stereocenters. The Balaban J connectivity index is 1.93. The van der Waals surface area contributed by atoms with Gasteiger partial charge in [0.2, 0.25) is 0 Å². The molecule has 0 heterocycles. The van der Waals surface area contributed by atoms with Crippen LogP contribution in [0.25, 0.3) is 0 Å². The van der Waals surface area contributed by atoms with E-state index in [-0.39, 0.29) is 36.4 Å². The van der Waals surface area contributed by atoms with Crippen LogP contribution in [0, 0.1) is 17.3 Å². The fraction of sp³-hybridized carbons (Fsp3) is 0.471. The highest BCUT2D eigenvalue weighted by molar-refractivity contribution is 6.30. The van der Waals surface area contributed by atoms with Crippen LogP contribution >= 0.6 is 11.6 Å². The Morgan fingerprint density at radius 3 is 2.57 bits per heavy atom. The number of aliphatic hydroxyl groups excluding tert-OH is 1. The lowest BCUT2D eigenvalue weighted by Crippen LogP contribution is -2.10. The predicted molar refractivity (Wildman–Crippen MR) is 82.9 cm³/mol. The highest BCUT2D eigenvalue weighted by atomic mass is 35.5. The molecule has 0 bridgehead atoms. The van der Waals surface area contributed by atoms with Gasteiger partial charge in [0.05, 0.1) is 12.5 Å². The third-order valence-corrected chi connectivity index (χ3v) is 4.42. The van der Waals surface area contributed by atoms with E-state index in [0.29, 0.717) is 5.02 Å². The van der Waals surface area contributed by atoms with Crippen LogP contribution in [-0.4, -0.2) is 17.7 Å². The van der Waals surface area contributed by atoms with Crippen molar-refractivity contribution in [2.24, 2.45) is 17.3 Å². The van der Waals surface area contributed by atoms with Crippen LogP contribution in [0.3, 0.4) is 0 Å². The predicted octanol–water partition coefficient (Wildman–Crippen LogP) is 3.59. The number of carbonyl (C=O) groups excluding carboxylic acids is 1. The molecule has 1 aliphatic rings. The minimum absolute atomic E-state index is 0.0269. The fourth-order valence-electron chi connectivity index (χ4n) is 2.62. The average molecular weight is 309 g/mol. The maximum atomic E-state index is 12.2. The Morgan fingerprint density at radius 2 is 2.00 bits per heavy atom. The summed E-state index contributed by atoms with van der Waals surface area (Å²) in [5.74, 6) is -0.171. The molecule has 0 spiro atoms. The third-order valence-electron chi connectivity index (χ3n) is 4.17. The lowest BCUT2D eigenvalue weighted by molar-refractivity contribution is -0.147. The van der Waals surface area contributed by atoms with Crippen LogP contribution in [0.2, 0.25) is 5.02 Å². The van der Waals surface area contributed by atoms with E-state index in [9.17, 15) is 4.79 Å². The molecule has 2 rings (SSSR count). The minimum atomic E-state index is -0.179. The molecular weight excluding hydrogens is 288 g/mol. The van der Waals surface area contributed by atoms with Gasteiger partial charge in [0.15, 0.2) is 0 Å². The molecular formula is C17H21ClO3. The topological polar surface area (TPSA) is 46.5 Å². The molecule has 114 valence electrons. The maximum absolute atomic E-state index is 12.2. The van der Waals surface area contributed by atoms with Gasteiger partial charge < -0.3 is 9.84 Å². The summed E-state index contributed by atoms with van der Waals surface area (Å²) in [5, 5.41) is 9.75. The molecule has 0 aliphatic heterocycles. The number of hydrogen-bond donors (Lipinski definition) is 1. The van der Waals surface area contributed by atoms with Gasteiger partial charge in [0.25, 0.3) is 0 Å². The Hall–Kier alpha value is -1.32. The van der Waals surface area contributed by atoms with Crippen molar-refractivity contribution in [1.82, 2.24) is 0 Å². The van der Waals surface area contributed by atoms with Crippen molar-refractivity contribution in [3.05, 3.63) is 46.5 Å². The van der Waals surface area contributed by atoms with Gasteiger partial charge in [-0.1, -0.05) is 49.2 Å². The van der Waals surface area contributed by atoms with E-state index in [1.165, 1.54) is 0 Å². The summed E-state index contributed by atoms with van der Waals surface area (Å²) >= 11 is 5.82. The molecule has 1 saturated carbocycles. The molecule has 1 fully saturated rings. The van der Waals surface area contributed by atoms with Crippen molar-refractivity contribution < 1.29 is 14.6 Å². The largest absolute Gasteiger partial charge is 0.461 e. The van der Waals surface area contributed by atoms with E-state index >= 15 is 0 Å². The fourth-order valence-corrected chi connectivity index (χ4v) is 2.75. The average Bonchev–Trinajstić information content (AvgIpc) is 2.98. The number of aliphatic hydroxyl groups is 1. The molecule has 1 N–H and O–H groups in total. The highest BCUT2D eigenvalue weighted by Gasteiger charge is 2.61. The van der Waals surface area contributed by atoms with Crippen LogP contribution in [0.5, 0.6) is 0 Å². The number of halogens is 1. The first kappa shape index (κ1) is 16.1.